The number of rotatable bonds is 3. The fourth-order valence-electron chi connectivity index (χ4n) is 1.49. The zero-order valence-corrected chi connectivity index (χ0v) is 10.6. The molecule has 90 valence electrons. The lowest BCUT2D eigenvalue weighted by atomic mass is 10.1. The summed E-state index contributed by atoms with van der Waals surface area (Å²) in [5, 5.41) is 7.15. The van der Waals surface area contributed by atoms with Gasteiger partial charge in [0.25, 0.3) is 0 Å². The molecule has 1 aromatic heterocycles. The molecule has 0 aliphatic heterocycles. The summed E-state index contributed by atoms with van der Waals surface area (Å²) in [4.78, 5) is 4.42. The molecule has 0 saturated carbocycles. The smallest absolute Gasteiger partial charge is 0.246 e. The number of nitrogens with one attached hydrogen (secondary N) is 1. The molecule has 2 rings (SSSR count). The number of hydrogen-bond acceptors (Lipinski definition) is 4. The van der Waals surface area contributed by atoms with E-state index in [1.807, 2.05) is 52.1 Å². The van der Waals surface area contributed by atoms with Crippen LogP contribution in [0, 0.1) is 6.92 Å². The van der Waals surface area contributed by atoms with Gasteiger partial charge in [0.05, 0.1) is 5.54 Å². The van der Waals surface area contributed by atoms with Gasteiger partial charge in [0.2, 0.25) is 11.7 Å². The molecule has 17 heavy (non-hydrogen) atoms. The molecular formula is C13H17N3O. The van der Waals surface area contributed by atoms with Crippen molar-refractivity contribution in [3.63, 3.8) is 0 Å². The Hall–Kier alpha value is -1.68. The van der Waals surface area contributed by atoms with Crippen LogP contribution in [0.5, 0.6) is 0 Å². The molecule has 0 saturated heterocycles. The van der Waals surface area contributed by atoms with Crippen LogP contribution in [-0.2, 0) is 5.54 Å². The van der Waals surface area contributed by atoms with E-state index in [1.54, 1.807) is 0 Å². The third-order valence-electron chi connectivity index (χ3n) is 2.86. The molecule has 4 nitrogen and oxygen atoms in total. The number of benzene rings is 1. The summed E-state index contributed by atoms with van der Waals surface area (Å²) in [5.41, 5.74) is 1.85. The van der Waals surface area contributed by atoms with Crippen molar-refractivity contribution in [2.45, 2.75) is 26.3 Å². The third-order valence-corrected chi connectivity index (χ3v) is 2.86. The molecule has 0 spiro atoms. The topological polar surface area (TPSA) is 51.0 Å². The van der Waals surface area contributed by atoms with Gasteiger partial charge in [0.15, 0.2) is 0 Å². The third kappa shape index (κ3) is 2.36. The maximum absolute atomic E-state index is 5.29. The quantitative estimate of drug-likeness (QED) is 0.881. The van der Waals surface area contributed by atoms with Crippen molar-refractivity contribution in [2.24, 2.45) is 0 Å². The minimum atomic E-state index is -0.310. The van der Waals surface area contributed by atoms with Crippen LogP contribution < -0.4 is 5.32 Å². The molecule has 1 N–H and O–H groups in total. The minimum Gasteiger partial charge on any atom is -0.337 e. The van der Waals surface area contributed by atoms with Gasteiger partial charge in [0.1, 0.15) is 0 Å². The molecule has 0 unspecified atom stereocenters. The Morgan fingerprint density at radius 2 is 2.06 bits per heavy atom. The normalized spacial score (nSPS) is 11.8. The molecule has 0 fully saturated rings. The number of aryl methyl sites for hydroxylation is 1. The summed E-state index contributed by atoms with van der Waals surface area (Å²) < 4.78 is 5.29. The zero-order chi connectivity index (χ0) is 12.5. The van der Waals surface area contributed by atoms with E-state index in [1.165, 1.54) is 5.56 Å². The second-order valence-corrected chi connectivity index (χ2v) is 4.67. The molecule has 0 radical (unpaired) electrons. The van der Waals surface area contributed by atoms with Gasteiger partial charge in [-0.1, -0.05) is 28.9 Å². The summed E-state index contributed by atoms with van der Waals surface area (Å²) in [6.07, 6.45) is 0. The summed E-state index contributed by atoms with van der Waals surface area (Å²) in [6, 6.07) is 8.06. The zero-order valence-electron chi connectivity index (χ0n) is 10.6. The van der Waals surface area contributed by atoms with Gasteiger partial charge in [0, 0.05) is 5.56 Å². The van der Waals surface area contributed by atoms with Crippen molar-refractivity contribution in [1.29, 1.82) is 0 Å². The molecule has 1 aromatic carbocycles. The average molecular weight is 231 g/mol. The summed E-state index contributed by atoms with van der Waals surface area (Å²) >= 11 is 0. The van der Waals surface area contributed by atoms with Crippen LogP contribution in [0.1, 0.15) is 25.3 Å². The van der Waals surface area contributed by atoms with Crippen LogP contribution in [0.15, 0.2) is 28.8 Å². The van der Waals surface area contributed by atoms with Gasteiger partial charge in [-0.15, -0.1) is 0 Å². The maximum Gasteiger partial charge on any atom is 0.246 e. The number of hydrogen-bond donors (Lipinski definition) is 1. The van der Waals surface area contributed by atoms with E-state index in [2.05, 4.69) is 15.5 Å². The Morgan fingerprint density at radius 3 is 2.71 bits per heavy atom. The standard InChI is InChI=1S/C13H17N3O/c1-9-6-5-7-10(8-9)11-15-12(17-16-11)13(2,3)14-4/h5-8,14H,1-4H3. The van der Waals surface area contributed by atoms with E-state index in [0.29, 0.717) is 11.7 Å². The van der Waals surface area contributed by atoms with Crippen molar-refractivity contribution < 1.29 is 4.52 Å². The molecule has 0 bridgehead atoms. The first-order valence-electron chi connectivity index (χ1n) is 5.63. The second-order valence-electron chi connectivity index (χ2n) is 4.67. The first-order chi connectivity index (χ1) is 8.03. The van der Waals surface area contributed by atoms with Crippen molar-refractivity contribution in [1.82, 2.24) is 15.5 Å². The molecule has 0 amide bonds. The highest BCUT2D eigenvalue weighted by Gasteiger charge is 2.25. The molecule has 4 heteroatoms. The Labute approximate surface area is 101 Å². The van der Waals surface area contributed by atoms with E-state index in [4.69, 9.17) is 4.52 Å². The predicted octanol–water partition coefficient (Wildman–Crippen LogP) is 2.50. The first kappa shape index (κ1) is 11.8. The molecule has 0 aliphatic carbocycles. The van der Waals surface area contributed by atoms with Crippen molar-refractivity contribution >= 4 is 0 Å². The highest BCUT2D eigenvalue weighted by Crippen LogP contribution is 2.22. The van der Waals surface area contributed by atoms with Crippen LogP contribution in [0.3, 0.4) is 0 Å². The summed E-state index contributed by atoms with van der Waals surface area (Å²) in [6.45, 7) is 6.04. The lowest BCUT2D eigenvalue weighted by molar-refractivity contribution is 0.281. The van der Waals surface area contributed by atoms with Gasteiger partial charge in [-0.05, 0) is 33.9 Å². The van der Waals surface area contributed by atoms with E-state index >= 15 is 0 Å². The van der Waals surface area contributed by atoms with Gasteiger partial charge >= 0.3 is 0 Å². The summed E-state index contributed by atoms with van der Waals surface area (Å²) in [7, 11) is 1.87. The number of nitrogens with zero attached hydrogens (tertiary/aromatic N) is 2. The van der Waals surface area contributed by atoms with Gasteiger partial charge < -0.3 is 9.84 Å². The Bertz CT molecular complexity index is 517. The minimum absolute atomic E-state index is 0.310. The fourth-order valence-corrected chi connectivity index (χ4v) is 1.49. The second kappa shape index (κ2) is 4.30. The van der Waals surface area contributed by atoms with Gasteiger partial charge in [-0.3, -0.25) is 0 Å². The highest BCUT2D eigenvalue weighted by molar-refractivity contribution is 5.55. The molecule has 2 aromatic rings. The van der Waals surface area contributed by atoms with Gasteiger partial charge in [-0.2, -0.15) is 4.98 Å². The largest absolute Gasteiger partial charge is 0.337 e. The number of aromatic nitrogens is 2. The molecule has 0 atom stereocenters. The summed E-state index contributed by atoms with van der Waals surface area (Å²) in [5.74, 6) is 1.23. The van der Waals surface area contributed by atoms with E-state index in [9.17, 15) is 0 Å². The molecule has 0 aliphatic rings. The van der Waals surface area contributed by atoms with E-state index in [0.717, 1.165) is 5.56 Å². The molecule has 1 heterocycles. The van der Waals surface area contributed by atoms with Crippen molar-refractivity contribution in [2.75, 3.05) is 7.05 Å². The van der Waals surface area contributed by atoms with E-state index in [-0.39, 0.29) is 5.54 Å². The van der Waals surface area contributed by atoms with Crippen LogP contribution in [-0.4, -0.2) is 17.2 Å². The van der Waals surface area contributed by atoms with Crippen LogP contribution >= 0.6 is 0 Å². The maximum atomic E-state index is 5.29. The lowest BCUT2D eigenvalue weighted by Gasteiger charge is -2.17. The van der Waals surface area contributed by atoms with Gasteiger partial charge in [-0.25, -0.2) is 0 Å². The van der Waals surface area contributed by atoms with E-state index < -0.39 is 0 Å². The Morgan fingerprint density at radius 1 is 1.29 bits per heavy atom. The van der Waals surface area contributed by atoms with Crippen LogP contribution in [0.2, 0.25) is 0 Å². The van der Waals surface area contributed by atoms with Crippen molar-refractivity contribution in [3.05, 3.63) is 35.7 Å². The molecular weight excluding hydrogens is 214 g/mol. The Balaban J connectivity index is 2.36. The highest BCUT2D eigenvalue weighted by atomic mass is 16.5. The monoisotopic (exact) mass is 231 g/mol. The Kier molecular flexibility index (Phi) is 2.98. The van der Waals surface area contributed by atoms with Crippen LogP contribution in [0.4, 0.5) is 0 Å². The SMILES string of the molecule is CNC(C)(C)c1nc(-c2cccc(C)c2)no1. The predicted molar refractivity (Wildman–Crippen MR) is 66.6 cm³/mol. The van der Waals surface area contributed by atoms with Crippen molar-refractivity contribution in [3.8, 4) is 11.4 Å². The average Bonchev–Trinajstić information content (AvgIpc) is 2.79. The lowest BCUT2D eigenvalue weighted by Crippen LogP contribution is -2.33. The first-order valence-corrected chi connectivity index (χ1v) is 5.63. The van der Waals surface area contributed by atoms with Crippen LogP contribution in [0.25, 0.3) is 11.4 Å². The fraction of sp³-hybridized carbons (Fsp3) is 0.385.